The van der Waals surface area contributed by atoms with Crippen molar-refractivity contribution < 1.29 is 14.6 Å². The maximum absolute atomic E-state index is 11.1. The minimum atomic E-state index is -0.395. The number of hydrogen-bond donors (Lipinski definition) is 0. The molecule has 0 spiro atoms. The third kappa shape index (κ3) is 8.92. The number of ether oxygens (including phenoxy) is 1. The molecule has 0 saturated carbocycles. The normalized spacial score (nSPS) is 12.9. The van der Waals surface area contributed by atoms with Crippen molar-refractivity contribution in [3.8, 4) is 0 Å². The Kier molecular flexibility index (Phi) is 11.5. The Labute approximate surface area is 196 Å². The molecular weight excluding hydrogens is 420 g/mol. The van der Waals surface area contributed by atoms with E-state index >= 15 is 0 Å². The zero-order valence-electron chi connectivity index (χ0n) is 19.8. The summed E-state index contributed by atoms with van der Waals surface area (Å²) in [6.07, 6.45) is 10.2. The smallest absolute Gasteiger partial charge is 0.269 e. The lowest BCUT2D eigenvalue weighted by Gasteiger charge is -2.26. The van der Waals surface area contributed by atoms with Gasteiger partial charge in [-0.2, -0.15) is 0 Å². The second-order valence-electron chi connectivity index (χ2n) is 8.51. The van der Waals surface area contributed by atoms with Gasteiger partial charge >= 0.3 is 0 Å². The fourth-order valence-electron chi connectivity index (χ4n) is 3.96. The first-order valence-electron chi connectivity index (χ1n) is 12.1. The molecule has 0 saturated heterocycles. The van der Waals surface area contributed by atoms with Crippen LogP contribution in [0.1, 0.15) is 101 Å². The van der Waals surface area contributed by atoms with Gasteiger partial charge in [-0.15, -0.1) is 0 Å². The molecule has 2 atom stereocenters. The molecular formula is C26H36N2O5. The highest BCUT2D eigenvalue weighted by atomic mass is 16.6. The van der Waals surface area contributed by atoms with Crippen molar-refractivity contribution in [2.24, 2.45) is 0 Å². The molecule has 0 heterocycles. The largest absolute Gasteiger partial charge is 0.366 e. The van der Waals surface area contributed by atoms with E-state index in [1.165, 1.54) is 24.3 Å². The predicted molar refractivity (Wildman–Crippen MR) is 130 cm³/mol. The summed E-state index contributed by atoms with van der Waals surface area (Å²) >= 11 is 0. The molecule has 0 aliphatic rings. The monoisotopic (exact) mass is 456 g/mol. The molecule has 7 nitrogen and oxygen atoms in total. The van der Waals surface area contributed by atoms with Crippen LogP contribution in [0.25, 0.3) is 0 Å². The van der Waals surface area contributed by atoms with Crippen LogP contribution in [0.4, 0.5) is 11.4 Å². The van der Waals surface area contributed by atoms with Gasteiger partial charge in [0.05, 0.1) is 22.1 Å². The summed E-state index contributed by atoms with van der Waals surface area (Å²) in [5.41, 5.74) is 1.99. The minimum absolute atomic E-state index is 0.0648. The van der Waals surface area contributed by atoms with Crippen LogP contribution in [0, 0.1) is 20.2 Å². The summed E-state index contributed by atoms with van der Waals surface area (Å²) in [5, 5.41) is 22.1. The van der Waals surface area contributed by atoms with Gasteiger partial charge in [0.25, 0.3) is 11.4 Å². The summed E-state index contributed by atoms with van der Waals surface area (Å²) in [5.74, 6) is 0. The minimum Gasteiger partial charge on any atom is -0.366 e. The molecule has 2 unspecified atom stereocenters. The predicted octanol–water partition coefficient (Wildman–Crippen LogP) is 8.24. The molecule has 0 N–H and O–H groups in total. The number of nitro groups is 2. The number of benzene rings is 2. The molecule has 33 heavy (non-hydrogen) atoms. The number of nitro benzene ring substituents is 2. The third-order valence-electron chi connectivity index (χ3n) is 5.92. The Morgan fingerprint density at radius 1 is 0.636 bits per heavy atom. The molecule has 0 bridgehead atoms. The van der Waals surface area contributed by atoms with E-state index in [1.807, 2.05) is 0 Å². The van der Waals surface area contributed by atoms with E-state index in [0.29, 0.717) is 0 Å². The lowest BCUT2D eigenvalue weighted by molar-refractivity contribution is -0.385. The molecule has 7 heteroatoms. The molecule has 0 aliphatic heterocycles. The summed E-state index contributed by atoms with van der Waals surface area (Å²) in [6, 6.07) is 13.2. The first-order valence-corrected chi connectivity index (χ1v) is 12.1. The van der Waals surface area contributed by atoms with Gasteiger partial charge in [-0.3, -0.25) is 20.2 Å². The van der Waals surface area contributed by atoms with Gasteiger partial charge in [0.15, 0.2) is 0 Å². The average molecular weight is 457 g/mol. The third-order valence-corrected chi connectivity index (χ3v) is 5.92. The Hall–Kier alpha value is -2.80. The highest BCUT2D eigenvalue weighted by Crippen LogP contribution is 2.35. The maximum Gasteiger partial charge on any atom is 0.269 e. The summed E-state index contributed by atoms with van der Waals surface area (Å²) < 4.78 is 6.64. The van der Waals surface area contributed by atoms with Crippen LogP contribution in [0.15, 0.2) is 48.5 Å². The first kappa shape index (κ1) is 26.5. The quantitative estimate of drug-likeness (QED) is 0.144. The van der Waals surface area contributed by atoms with Crippen molar-refractivity contribution in [1.82, 2.24) is 0 Å². The van der Waals surface area contributed by atoms with Crippen LogP contribution < -0.4 is 0 Å². The Balaban J connectivity index is 2.24. The lowest BCUT2D eigenvalue weighted by atomic mass is 9.99. The number of unbranched alkanes of at least 4 members (excludes halogenated alkanes) is 6. The number of hydrogen-bond acceptors (Lipinski definition) is 5. The number of nitrogens with zero attached hydrogens (tertiary/aromatic N) is 2. The van der Waals surface area contributed by atoms with Crippen molar-refractivity contribution in [3.05, 3.63) is 79.9 Å². The number of rotatable bonds is 16. The zero-order valence-corrected chi connectivity index (χ0v) is 19.8. The van der Waals surface area contributed by atoms with E-state index in [2.05, 4.69) is 13.8 Å². The molecule has 0 amide bonds. The Morgan fingerprint density at radius 2 is 1.00 bits per heavy atom. The van der Waals surface area contributed by atoms with E-state index in [-0.39, 0.29) is 23.6 Å². The van der Waals surface area contributed by atoms with Gasteiger partial charge in [0.1, 0.15) is 0 Å². The van der Waals surface area contributed by atoms with Crippen molar-refractivity contribution in [2.75, 3.05) is 0 Å². The second-order valence-corrected chi connectivity index (χ2v) is 8.51. The van der Waals surface area contributed by atoms with Crippen LogP contribution >= 0.6 is 0 Å². The molecule has 2 rings (SSSR count). The lowest BCUT2D eigenvalue weighted by Crippen LogP contribution is -2.12. The van der Waals surface area contributed by atoms with E-state index in [4.69, 9.17) is 4.74 Å². The van der Waals surface area contributed by atoms with Crippen LogP contribution in [0.3, 0.4) is 0 Å². The highest BCUT2D eigenvalue weighted by molar-refractivity contribution is 5.35. The second kappa shape index (κ2) is 14.4. The van der Waals surface area contributed by atoms with Gasteiger partial charge < -0.3 is 4.74 Å². The van der Waals surface area contributed by atoms with E-state index in [1.54, 1.807) is 24.3 Å². The van der Waals surface area contributed by atoms with Crippen LogP contribution in [0.2, 0.25) is 0 Å². The van der Waals surface area contributed by atoms with E-state index in [0.717, 1.165) is 75.3 Å². The molecule has 0 fully saturated rings. The van der Waals surface area contributed by atoms with Gasteiger partial charge in [0, 0.05) is 24.3 Å². The maximum atomic E-state index is 11.1. The molecule has 0 aliphatic carbocycles. The zero-order chi connectivity index (χ0) is 24.1. The highest BCUT2D eigenvalue weighted by Gasteiger charge is 2.21. The number of non-ortho nitro benzene ring substituents is 2. The molecule has 2 aromatic carbocycles. The molecule has 0 radical (unpaired) electrons. The molecule has 2 aromatic rings. The average Bonchev–Trinajstić information content (AvgIpc) is 2.82. The van der Waals surface area contributed by atoms with E-state index in [9.17, 15) is 20.2 Å². The summed E-state index contributed by atoms with van der Waals surface area (Å²) in [4.78, 5) is 21.3. The van der Waals surface area contributed by atoms with Crippen LogP contribution in [-0.4, -0.2) is 9.85 Å². The van der Waals surface area contributed by atoms with Crippen LogP contribution in [-0.2, 0) is 4.74 Å². The SMILES string of the molecule is CCCCCCC(OC(CCCCCC)c1ccc([N+](=O)[O-])cc1)c1ccc([N+](=O)[O-])cc1. The molecule has 180 valence electrons. The summed E-state index contributed by atoms with van der Waals surface area (Å²) in [6.45, 7) is 4.34. The summed E-state index contributed by atoms with van der Waals surface area (Å²) in [7, 11) is 0. The van der Waals surface area contributed by atoms with Gasteiger partial charge in [-0.05, 0) is 48.2 Å². The van der Waals surface area contributed by atoms with Crippen molar-refractivity contribution in [3.63, 3.8) is 0 Å². The van der Waals surface area contributed by atoms with Gasteiger partial charge in [-0.25, -0.2) is 0 Å². The van der Waals surface area contributed by atoms with Crippen molar-refractivity contribution in [1.29, 1.82) is 0 Å². The topological polar surface area (TPSA) is 95.5 Å². The fraction of sp³-hybridized carbons (Fsp3) is 0.538. The first-order chi connectivity index (χ1) is 16.0. The fourth-order valence-corrected chi connectivity index (χ4v) is 3.96. The standard InChI is InChI=1S/C26H36N2O5/c1-3-5-7-9-11-25(21-13-17-23(18-14-21)27(29)30)33-26(12-10-8-6-4-2)22-15-19-24(20-16-22)28(31)32/h13-20,25-26H,3-12H2,1-2H3. The van der Waals surface area contributed by atoms with Crippen molar-refractivity contribution in [2.45, 2.75) is 90.3 Å². The Bertz CT molecular complexity index is 780. The van der Waals surface area contributed by atoms with Gasteiger partial charge in [0.2, 0.25) is 0 Å². The van der Waals surface area contributed by atoms with Crippen molar-refractivity contribution >= 4 is 11.4 Å². The van der Waals surface area contributed by atoms with E-state index < -0.39 is 9.85 Å². The molecule has 0 aromatic heterocycles. The Morgan fingerprint density at radius 3 is 1.30 bits per heavy atom. The van der Waals surface area contributed by atoms with Crippen LogP contribution in [0.5, 0.6) is 0 Å². The van der Waals surface area contributed by atoms with Gasteiger partial charge in [-0.1, -0.05) is 65.2 Å².